The van der Waals surface area contributed by atoms with Gasteiger partial charge < -0.3 is 14.7 Å². The average molecular weight is 339 g/mol. The van der Waals surface area contributed by atoms with Crippen molar-refractivity contribution < 1.29 is 19.4 Å². The van der Waals surface area contributed by atoms with Crippen LogP contribution in [0, 0.1) is 5.92 Å². The molecule has 0 spiro atoms. The van der Waals surface area contributed by atoms with Crippen LogP contribution in [0.4, 0.5) is 0 Å². The lowest BCUT2D eigenvalue weighted by molar-refractivity contribution is -0.143. The molecule has 1 unspecified atom stereocenters. The molecule has 126 valence electrons. The summed E-state index contributed by atoms with van der Waals surface area (Å²) >= 11 is 1.49. The Morgan fingerprint density at radius 1 is 1.35 bits per heavy atom. The molecule has 1 aromatic heterocycles. The van der Waals surface area contributed by atoms with Crippen LogP contribution in [0.5, 0.6) is 0 Å². The van der Waals surface area contributed by atoms with Crippen molar-refractivity contribution in [2.75, 3.05) is 39.4 Å². The number of morpholine rings is 1. The van der Waals surface area contributed by atoms with E-state index in [1.54, 1.807) is 10.3 Å². The van der Waals surface area contributed by atoms with E-state index in [9.17, 15) is 9.59 Å². The molecule has 1 atom stereocenters. The molecule has 1 amide bonds. The van der Waals surface area contributed by atoms with E-state index in [2.05, 4.69) is 9.88 Å². The van der Waals surface area contributed by atoms with Gasteiger partial charge in [-0.25, -0.2) is 4.98 Å². The fourth-order valence-corrected chi connectivity index (χ4v) is 3.77. The maximum absolute atomic E-state index is 12.5. The first-order chi connectivity index (χ1) is 11.1. The van der Waals surface area contributed by atoms with Crippen molar-refractivity contribution in [3.8, 4) is 0 Å². The van der Waals surface area contributed by atoms with Crippen LogP contribution in [0.2, 0.25) is 0 Å². The maximum atomic E-state index is 12.5. The Bertz CT molecular complexity index is 571. The summed E-state index contributed by atoms with van der Waals surface area (Å²) in [5.74, 6) is -1.44. The van der Waals surface area contributed by atoms with Crippen molar-refractivity contribution >= 4 is 23.2 Å². The number of aliphatic carboxylic acids is 1. The Labute approximate surface area is 138 Å². The minimum absolute atomic E-state index is 0.152. The lowest BCUT2D eigenvalue weighted by atomic mass is 9.98. The van der Waals surface area contributed by atoms with Crippen LogP contribution in [0.25, 0.3) is 0 Å². The lowest BCUT2D eigenvalue weighted by Crippen LogP contribution is -2.42. The molecule has 2 fully saturated rings. The second-order valence-electron chi connectivity index (χ2n) is 5.94. The molecule has 3 rings (SSSR count). The quantitative estimate of drug-likeness (QED) is 0.878. The summed E-state index contributed by atoms with van der Waals surface area (Å²) in [5, 5.41) is 11.8. The molecule has 0 bridgehead atoms. The van der Waals surface area contributed by atoms with Gasteiger partial charge in [0.15, 0.2) is 0 Å². The molecule has 8 heteroatoms. The summed E-state index contributed by atoms with van der Waals surface area (Å²) < 4.78 is 5.32. The number of piperidine rings is 1. The molecule has 0 radical (unpaired) electrons. The lowest BCUT2D eigenvalue weighted by Gasteiger charge is -2.30. The van der Waals surface area contributed by atoms with Gasteiger partial charge in [0.05, 0.1) is 25.7 Å². The summed E-state index contributed by atoms with van der Waals surface area (Å²) in [4.78, 5) is 32.0. The van der Waals surface area contributed by atoms with E-state index in [1.165, 1.54) is 11.3 Å². The van der Waals surface area contributed by atoms with Gasteiger partial charge in [0.25, 0.3) is 5.91 Å². The fraction of sp³-hybridized carbons (Fsp3) is 0.667. The highest BCUT2D eigenvalue weighted by molar-refractivity contribution is 7.09. The number of hydrogen-bond donors (Lipinski definition) is 1. The Kier molecular flexibility index (Phi) is 5.24. The van der Waals surface area contributed by atoms with E-state index in [0.717, 1.165) is 44.3 Å². The van der Waals surface area contributed by atoms with Crippen molar-refractivity contribution in [1.82, 2.24) is 14.8 Å². The summed E-state index contributed by atoms with van der Waals surface area (Å²) in [6.07, 6.45) is 1.37. The molecule has 1 N–H and O–H groups in total. The van der Waals surface area contributed by atoms with Crippen LogP contribution in [0.3, 0.4) is 0 Å². The van der Waals surface area contributed by atoms with E-state index < -0.39 is 11.9 Å². The van der Waals surface area contributed by atoms with Crippen LogP contribution in [-0.4, -0.2) is 71.2 Å². The Morgan fingerprint density at radius 3 is 2.87 bits per heavy atom. The molecule has 2 aliphatic heterocycles. The normalized spacial score (nSPS) is 23.0. The molecule has 0 aliphatic carbocycles. The first kappa shape index (κ1) is 16.4. The van der Waals surface area contributed by atoms with E-state index >= 15 is 0 Å². The van der Waals surface area contributed by atoms with E-state index in [1.807, 2.05) is 0 Å². The molecule has 3 heterocycles. The number of amides is 1. The smallest absolute Gasteiger partial charge is 0.308 e. The van der Waals surface area contributed by atoms with Crippen molar-refractivity contribution in [3.05, 3.63) is 16.1 Å². The molecule has 2 aliphatic rings. The molecule has 2 saturated heterocycles. The molecule has 1 aromatic rings. The van der Waals surface area contributed by atoms with Gasteiger partial charge in [-0.05, 0) is 12.8 Å². The summed E-state index contributed by atoms with van der Waals surface area (Å²) in [7, 11) is 0. The monoisotopic (exact) mass is 339 g/mol. The zero-order valence-electron chi connectivity index (χ0n) is 12.9. The third kappa shape index (κ3) is 4.07. The second-order valence-corrected chi connectivity index (χ2v) is 6.89. The van der Waals surface area contributed by atoms with E-state index in [4.69, 9.17) is 9.84 Å². The third-order valence-electron chi connectivity index (χ3n) is 4.29. The minimum atomic E-state index is -0.825. The van der Waals surface area contributed by atoms with Crippen molar-refractivity contribution in [2.24, 2.45) is 5.92 Å². The predicted octanol–water partition coefficient (Wildman–Crippen LogP) is 0.912. The van der Waals surface area contributed by atoms with Gasteiger partial charge in [0.2, 0.25) is 0 Å². The maximum Gasteiger partial charge on any atom is 0.308 e. The fourth-order valence-electron chi connectivity index (χ4n) is 2.96. The number of carbonyl (C=O) groups is 2. The number of nitrogens with zero attached hydrogens (tertiary/aromatic N) is 3. The van der Waals surface area contributed by atoms with Gasteiger partial charge >= 0.3 is 5.97 Å². The first-order valence-electron chi connectivity index (χ1n) is 7.90. The number of rotatable bonds is 4. The molecule has 0 aromatic carbocycles. The van der Waals surface area contributed by atoms with Crippen LogP contribution in [0.15, 0.2) is 5.38 Å². The molecular weight excluding hydrogens is 318 g/mol. The number of carboxylic acids is 1. The SMILES string of the molecule is O=C(O)C1CCCN(C(=O)c2csc(CN3CCOCC3)n2)C1. The standard InChI is InChI=1S/C15H21N3O4S/c19-14(18-3-1-2-11(8-18)15(20)21)12-10-23-13(16-12)9-17-4-6-22-7-5-17/h10-11H,1-9H2,(H,20,21). The number of aromatic nitrogens is 1. The zero-order valence-corrected chi connectivity index (χ0v) is 13.8. The van der Waals surface area contributed by atoms with Gasteiger partial charge in [-0.1, -0.05) is 0 Å². The Morgan fingerprint density at radius 2 is 2.13 bits per heavy atom. The van der Waals surface area contributed by atoms with Gasteiger partial charge in [-0.15, -0.1) is 11.3 Å². The van der Waals surface area contributed by atoms with Crippen LogP contribution in [-0.2, 0) is 16.1 Å². The molecule has 23 heavy (non-hydrogen) atoms. The number of carboxylic acid groups (broad SMARTS) is 1. The van der Waals surface area contributed by atoms with Gasteiger partial charge in [0.1, 0.15) is 10.7 Å². The van der Waals surface area contributed by atoms with E-state index in [-0.39, 0.29) is 12.5 Å². The van der Waals surface area contributed by atoms with Gasteiger partial charge in [-0.2, -0.15) is 0 Å². The molecule has 7 nitrogen and oxygen atoms in total. The third-order valence-corrected chi connectivity index (χ3v) is 5.12. The topological polar surface area (TPSA) is 83.0 Å². The average Bonchev–Trinajstić information content (AvgIpc) is 3.03. The highest BCUT2D eigenvalue weighted by Gasteiger charge is 2.29. The second kappa shape index (κ2) is 7.37. The Hall–Kier alpha value is -1.51. The predicted molar refractivity (Wildman–Crippen MR) is 84.5 cm³/mol. The first-order valence-corrected chi connectivity index (χ1v) is 8.78. The van der Waals surface area contributed by atoms with Gasteiger partial charge in [0, 0.05) is 31.6 Å². The Balaban J connectivity index is 1.60. The van der Waals surface area contributed by atoms with Crippen LogP contribution >= 0.6 is 11.3 Å². The molecular formula is C15H21N3O4S. The number of hydrogen-bond acceptors (Lipinski definition) is 6. The van der Waals surface area contributed by atoms with Crippen molar-refractivity contribution in [3.63, 3.8) is 0 Å². The van der Waals surface area contributed by atoms with E-state index in [0.29, 0.717) is 18.7 Å². The summed E-state index contributed by atoms with van der Waals surface area (Å²) in [6.45, 7) is 4.87. The van der Waals surface area contributed by atoms with Crippen LogP contribution < -0.4 is 0 Å². The number of carbonyl (C=O) groups excluding carboxylic acids is 1. The number of likely N-dealkylation sites (tertiary alicyclic amines) is 1. The minimum Gasteiger partial charge on any atom is -0.481 e. The number of ether oxygens (including phenoxy) is 1. The molecule has 0 saturated carbocycles. The highest BCUT2D eigenvalue weighted by atomic mass is 32.1. The number of thiazole rings is 1. The highest BCUT2D eigenvalue weighted by Crippen LogP contribution is 2.20. The largest absolute Gasteiger partial charge is 0.481 e. The van der Waals surface area contributed by atoms with Crippen LogP contribution in [0.1, 0.15) is 28.3 Å². The van der Waals surface area contributed by atoms with Crippen molar-refractivity contribution in [1.29, 1.82) is 0 Å². The summed E-state index contributed by atoms with van der Waals surface area (Å²) in [5.41, 5.74) is 0.435. The summed E-state index contributed by atoms with van der Waals surface area (Å²) in [6, 6.07) is 0. The van der Waals surface area contributed by atoms with Gasteiger partial charge in [-0.3, -0.25) is 14.5 Å². The van der Waals surface area contributed by atoms with Crippen molar-refractivity contribution in [2.45, 2.75) is 19.4 Å². The zero-order chi connectivity index (χ0) is 16.2.